The predicted molar refractivity (Wildman–Crippen MR) is 78.5 cm³/mol. The molecule has 3 N–H and O–H groups in total. The molecule has 106 valence electrons. The molecule has 1 amide bonds. The van der Waals surface area contributed by atoms with Crippen molar-refractivity contribution in [2.45, 2.75) is 31.8 Å². The van der Waals surface area contributed by atoms with Crippen LogP contribution in [0.3, 0.4) is 0 Å². The van der Waals surface area contributed by atoms with Crippen molar-refractivity contribution >= 4 is 34.2 Å². The molecule has 1 aliphatic rings. The van der Waals surface area contributed by atoms with Gasteiger partial charge in [0.2, 0.25) is 5.91 Å². The zero-order chi connectivity index (χ0) is 13.1. The summed E-state index contributed by atoms with van der Waals surface area (Å²) in [4.78, 5) is 11.9. The minimum atomic E-state index is -0.301. The first-order valence-electron chi connectivity index (χ1n) is 6.03. The second-order valence-corrected chi connectivity index (χ2v) is 5.58. The molecule has 0 aromatic heterocycles. The lowest BCUT2D eigenvalue weighted by molar-refractivity contribution is -0.125. The molecule has 1 fully saturated rings. The van der Waals surface area contributed by atoms with Crippen LogP contribution in [-0.2, 0) is 11.3 Å². The summed E-state index contributed by atoms with van der Waals surface area (Å²) in [7, 11) is 0. The van der Waals surface area contributed by atoms with Gasteiger partial charge < -0.3 is 11.1 Å². The lowest BCUT2D eigenvalue weighted by atomic mass is 10.1. The molecule has 2 unspecified atom stereocenters. The minimum Gasteiger partial charge on any atom is -0.352 e. The maximum atomic E-state index is 13.1. The van der Waals surface area contributed by atoms with Gasteiger partial charge in [-0.3, -0.25) is 4.79 Å². The SMILES string of the molecule is Cl.NC1CCC(C(=O)NCc2cc(F)ccc2Br)C1. The van der Waals surface area contributed by atoms with Crippen molar-refractivity contribution in [3.8, 4) is 0 Å². The summed E-state index contributed by atoms with van der Waals surface area (Å²) in [5, 5.41) is 2.84. The molecular weight excluding hydrogens is 335 g/mol. The van der Waals surface area contributed by atoms with Gasteiger partial charge >= 0.3 is 0 Å². The van der Waals surface area contributed by atoms with Gasteiger partial charge in [-0.15, -0.1) is 12.4 Å². The fraction of sp³-hybridized carbons (Fsp3) is 0.462. The summed E-state index contributed by atoms with van der Waals surface area (Å²) in [6.45, 7) is 0.336. The Labute approximate surface area is 126 Å². The maximum Gasteiger partial charge on any atom is 0.223 e. The summed E-state index contributed by atoms with van der Waals surface area (Å²) in [5.74, 6) is -0.281. The highest BCUT2D eigenvalue weighted by atomic mass is 79.9. The van der Waals surface area contributed by atoms with Crippen LogP contribution in [0.1, 0.15) is 24.8 Å². The first kappa shape index (κ1) is 16.4. The molecule has 2 rings (SSSR count). The summed E-state index contributed by atoms with van der Waals surface area (Å²) >= 11 is 3.34. The lowest BCUT2D eigenvalue weighted by Crippen LogP contribution is -2.30. The topological polar surface area (TPSA) is 55.1 Å². The number of hydrogen-bond donors (Lipinski definition) is 2. The summed E-state index contributed by atoms with van der Waals surface area (Å²) in [6, 6.07) is 4.58. The molecule has 0 saturated heterocycles. The van der Waals surface area contributed by atoms with Crippen LogP contribution in [0.15, 0.2) is 22.7 Å². The van der Waals surface area contributed by atoms with Crippen molar-refractivity contribution in [3.05, 3.63) is 34.1 Å². The van der Waals surface area contributed by atoms with E-state index in [0.29, 0.717) is 6.54 Å². The average molecular weight is 352 g/mol. The van der Waals surface area contributed by atoms with E-state index in [9.17, 15) is 9.18 Å². The molecule has 2 atom stereocenters. The number of hydrogen-bond acceptors (Lipinski definition) is 2. The molecule has 6 heteroatoms. The third-order valence-corrected chi connectivity index (χ3v) is 4.08. The van der Waals surface area contributed by atoms with Crippen LogP contribution in [0.2, 0.25) is 0 Å². The monoisotopic (exact) mass is 350 g/mol. The van der Waals surface area contributed by atoms with Crippen LogP contribution in [-0.4, -0.2) is 11.9 Å². The largest absolute Gasteiger partial charge is 0.352 e. The van der Waals surface area contributed by atoms with Crippen molar-refractivity contribution in [2.24, 2.45) is 11.7 Å². The van der Waals surface area contributed by atoms with E-state index in [0.717, 1.165) is 29.3 Å². The number of benzene rings is 1. The summed E-state index contributed by atoms with van der Waals surface area (Å²) in [5.41, 5.74) is 6.52. The Bertz CT molecular complexity index is 458. The van der Waals surface area contributed by atoms with E-state index < -0.39 is 0 Å². The predicted octanol–water partition coefficient (Wildman–Crippen LogP) is 2.75. The van der Waals surface area contributed by atoms with E-state index in [1.807, 2.05) is 0 Å². The number of rotatable bonds is 3. The van der Waals surface area contributed by atoms with Gasteiger partial charge in [-0.2, -0.15) is 0 Å². The third kappa shape index (κ3) is 4.44. The molecule has 0 heterocycles. The van der Waals surface area contributed by atoms with Crippen LogP contribution >= 0.6 is 28.3 Å². The van der Waals surface area contributed by atoms with Gasteiger partial charge in [0.1, 0.15) is 5.82 Å². The molecule has 3 nitrogen and oxygen atoms in total. The Hall–Kier alpha value is -0.650. The minimum absolute atomic E-state index is 0. The highest BCUT2D eigenvalue weighted by molar-refractivity contribution is 9.10. The Morgan fingerprint density at radius 3 is 2.84 bits per heavy atom. The molecule has 1 aromatic rings. The molecule has 1 aliphatic carbocycles. The molecule has 0 radical (unpaired) electrons. The van der Waals surface area contributed by atoms with Crippen molar-refractivity contribution in [1.82, 2.24) is 5.32 Å². The van der Waals surface area contributed by atoms with Gasteiger partial charge in [-0.25, -0.2) is 4.39 Å². The van der Waals surface area contributed by atoms with E-state index in [2.05, 4.69) is 21.2 Å². The zero-order valence-corrected chi connectivity index (χ0v) is 12.8. The fourth-order valence-electron chi connectivity index (χ4n) is 2.26. The van der Waals surface area contributed by atoms with E-state index in [1.54, 1.807) is 6.07 Å². The average Bonchev–Trinajstić information content (AvgIpc) is 2.77. The number of carbonyl (C=O) groups excluding carboxylic acids is 1. The molecule has 1 saturated carbocycles. The van der Waals surface area contributed by atoms with Crippen LogP contribution in [0.5, 0.6) is 0 Å². The number of carbonyl (C=O) groups is 1. The van der Waals surface area contributed by atoms with Gasteiger partial charge in [-0.05, 0) is 43.0 Å². The quantitative estimate of drug-likeness (QED) is 0.880. The zero-order valence-electron chi connectivity index (χ0n) is 10.4. The maximum absolute atomic E-state index is 13.1. The van der Waals surface area contributed by atoms with Crippen molar-refractivity contribution in [2.75, 3.05) is 0 Å². The summed E-state index contributed by atoms with van der Waals surface area (Å²) < 4.78 is 13.9. The Kier molecular flexibility index (Phi) is 6.23. The molecular formula is C13H17BrClFN2O. The van der Waals surface area contributed by atoms with Gasteiger partial charge in [0.15, 0.2) is 0 Å². The molecule has 0 bridgehead atoms. The van der Waals surface area contributed by atoms with Crippen molar-refractivity contribution in [1.29, 1.82) is 0 Å². The fourth-order valence-corrected chi connectivity index (χ4v) is 2.65. The van der Waals surface area contributed by atoms with E-state index >= 15 is 0 Å². The normalized spacial score (nSPS) is 21.8. The Morgan fingerprint density at radius 2 is 2.21 bits per heavy atom. The van der Waals surface area contributed by atoms with E-state index in [4.69, 9.17) is 5.73 Å². The summed E-state index contributed by atoms with van der Waals surface area (Å²) in [6.07, 6.45) is 2.50. The Morgan fingerprint density at radius 1 is 1.47 bits per heavy atom. The second kappa shape index (κ2) is 7.22. The van der Waals surface area contributed by atoms with Crippen LogP contribution in [0.4, 0.5) is 4.39 Å². The Balaban J connectivity index is 0.00000180. The smallest absolute Gasteiger partial charge is 0.223 e. The van der Waals surface area contributed by atoms with Gasteiger partial charge in [0.25, 0.3) is 0 Å². The van der Waals surface area contributed by atoms with Crippen LogP contribution in [0, 0.1) is 11.7 Å². The number of nitrogens with one attached hydrogen (secondary N) is 1. The highest BCUT2D eigenvalue weighted by Gasteiger charge is 2.27. The van der Waals surface area contributed by atoms with E-state index in [1.165, 1.54) is 12.1 Å². The standard InChI is InChI=1S/C13H16BrFN2O.ClH/c14-12-4-2-10(15)5-9(12)7-17-13(18)8-1-3-11(16)6-8;/h2,4-5,8,11H,1,3,6-7,16H2,(H,17,18);1H. The number of nitrogens with two attached hydrogens (primary N) is 1. The first-order chi connectivity index (χ1) is 8.56. The second-order valence-electron chi connectivity index (χ2n) is 4.72. The molecule has 1 aromatic carbocycles. The van der Waals surface area contributed by atoms with Gasteiger partial charge in [0, 0.05) is 23.0 Å². The van der Waals surface area contributed by atoms with Crippen molar-refractivity contribution in [3.63, 3.8) is 0 Å². The first-order valence-corrected chi connectivity index (χ1v) is 6.83. The molecule has 0 spiro atoms. The van der Waals surface area contributed by atoms with Gasteiger partial charge in [0.05, 0.1) is 0 Å². The molecule has 19 heavy (non-hydrogen) atoms. The molecule has 0 aliphatic heterocycles. The van der Waals surface area contributed by atoms with Gasteiger partial charge in [-0.1, -0.05) is 15.9 Å². The highest BCUT2D eigenvalue weighted by Crippen LogP contribution is 2.24. The number of amides is 1. The van der Waals surface area contributed by atoms with Crippen LogP contribution in [0.25, 0.3) is 0 Å². The van der Waals surface area contributed by atoms with E-state index in [-0.39, 0.29) is 36.1 Å². The lowest BCUT2D eigenvalue weighted by Gasteiger charge is -2.11. The van der Waals surface area contributed by atoms with Crippen molar-refractivity contribution < 1.29 is 9.18 Å². The third-order valence-electron chi connectivity index (χ3n) is 3.30. The van der Waals surface area contributed by atoms with Crippen LogP contribution < -0.4 is 11.1 Å². The number of halogens is 3.